The van der Waals surface area contributed by atoms with Gasteiger partial charge in [0.15, 0.2) is 17.3 Å². The third kappa shape index (κ3) is 4.39. The summed E-state index contributed by atoms with van der Waals surface area (Å²) >= 11 is 0. The number of hydrogen-bond donors (Lipinski definition) is 1. The zero-order chi connectivity index (χ0) is 19.3. The molecule has 2 amide bonds. The van der Waals surface area contributed by atoms with E-state index in [9.17, 15) is 4.79 Å². The third-order valence-corrected chi connectivity index (χ3v) is 5.08. The van der Waals surface area contributed by atoms with Crippen LogP contribution in [0.2, 0.25) is 0 Å². The number of urea groups is 1. The van der Waals surface area contributed by atoms with Crippen LogP contribution in [-0.4, -0.2) is 70.9 Å². The molecule has 0 atom stereocenters. The normalized spacial score (nSPS) is 18.4. The van der Waals surface area contributed by atoms with Crippen LogP contribution in [0, 0.1) is 0 Å². The summed E-state index contributed by atoms with van der Waals surface area (Å²) in [5.74, 6) is 1.49. The van der Waals surface area contributed by atoms with Gasteiger partial charge in [0.05, 0.1) is 34.5 Å². The maximum Gasteiger partial charge on any atom is 0.317 e. The van der Waals surface area contributed by atoms with Crippen LogP contribution >= 0.6 is 0 Å². The molecule has 2 fully saturated rings. The second kappa shape index (κ2) is 8.67. The van der Waals surface area contributed by atoms with Crippen molar-refractivity contribution in [2.24, 2.45) is 0 Å². The smallest absolute Gasteiger partial charge is 0.317 e. The van der Waals surface area contributed by atoms with Crippen LogP contribution in [0.5, 0.6) is 17.2 Å². The van der Waals surface area contributed by atoms with Crippen molar-refractivity contribution >= 4 is 6.03 Å². The van der Waals surface area contributed by atoms with Crippen molar-refractivity contribution in [3.05, 3.63) is 17.7 Å². The van der Waals surface area contributed by atoms with E-state index in [0.29, 0.717) is 69.4 Å². The van der Waals surface area contributed by atoms with Gasteiger partial charge in [0.25, 0.3) is 0 Å². The Morgan fingerprint density at radius 1 is 1.04 bits per heavy atom. The molecule has 1 spiro atoms. The van der Waals surface area contributed by atoms with E-state index in [1.165, 1.54) is 0 Å². The molecular weight excluding hydrogens is 352 g/mol. The second-order valence-corrected chi connectivity index (χ2v) is 6.60. The molecule has 27 heavy (non-hydrogen) atoms. The first-order valence-corrected chi connectivity index (χ1v) is 9.20. The number of likely N-dealkylation sites (tertiary alicyclic amines) is 1. The largest absolute Gasteiger partial charge is 0.496 e. The van der Waals surface area contributed by atoms with Gasteiger partial charge in [0, 0.05) is 38.5 Å². The summed E-state index contributed by atoms with van der Waals surface area (Å²) in [5, 5.41) is 2.97. The molecule has 1 aromatic carbocycles. The molecular formula is C19H28N2O6. The van der Waals surface area contributed by atoms with E-state index < -0.39 is 5.79 Å². The maximum absolute atomic E-state index is 12.4. The van der Waals surface area contributed by atoms with Gasteiger partial charge in [-0.2, -0.15) is 0 Å². The Kier molecular flexibility index (Phi) is 6.28. The molecule has 0 aromatic heterocycles. The fourth-order valence-corrected chi connectivity index (χ4v) is 3.54. The minimum atomic E-state index is -0.468. The van der Waals surface area contributed by atoms with Crippen LogP contribution in [0.15, 0.2) is 12.1 Å². The van der Waals surface area contributed by atoms with Crippen LogP contribution in [0.4, 0.5) is 4.79 Å². The zero-order valence-corrected chi connectivity index (χ0v) is 16.2. The minimum Gasteiger partial charge on any atom is -0.496 e. The van der Waals surface area contributed by atoms with Crippen molar-refractivity contribution in [3.8, 4) is 17.2 Å². The predicted octanol–water partition coefficient (Wildman–Crippen LogP) is 1.80. The Morgan fingerprint density at radius 3 is 2.22 bits per heavy atom. The molecule has 0 radical (unpaired) electrons. The number of methoxy groups -OCH3 is 3. The molecule has 2 heterocycles. The summed E-state index contributed by atoms with van der Waals surface area (Å²) in [5.41, 5.74) is 0.945. The Bertz CT molecular complexity index is 650. The van der Waals surface area contributed by atoms with Gasteiger partial charge in [-0.15, -0.1) is 0 Å². The number of piperidine rings is 1. The average molecular weight is 380 g/mol. The summed E-state index contributed by atoms with van der Waals surface area (Å²) in [6, 6.07) is 3.60. The summed E-state index contributed by atoms with van der Waals surface area (Å²) in [7, 11) is 4.79. The van der Waals surface area contributed by atoms with E-state index in [1.54, 1.807) is 27.4 Å². The van der Waals surface area contributed by atoms with Gasteiger partial charge < -0.3 is 33.9 Å². The summed E-state index contributed by atoms with van der Waals surface area (Å²) in [6.45, 7) is 3.04. The van der Waals surface area contributed by atoms with Gasteiger partial charge in [-0.05, 0) is 18.1 Å². The van der Waals surface area contributed by atoms with E-state index in [0.717, 1.165) is 5.56 Å². The summed E-state index contributed by atoms with van der Waals surface area (Å²) in [6.07, 6.45) is 2.05. The molecule has 8 nitrogen and oxygen atoms in total. The van der Waals surface area contributed by atoms with Crippen molar-refractivity contribution in [1.29, 1.82) is 0 Å². The minimum absolute atomic E-state index is 0.0673. The third-order valence-electron chi connectivity index (χ3n) is 5.08. The highest BCUT2D eigenvalue weighted by Gasteiger charge is 2.40. The molecule has 0 saturated carbocycles. The molecule has 2 aliphatic heterocycles. The monoisotopic (exact) mass is 380 g/mol. The van der Waals surface area contributed by atoms with Gasteiger partial charge in [-0.25, -0.2) is 4.79 Å². The van der Waals surface area contributed by atoms with Gasteiger partial charge in [0.1, 0.15) is 5.75 Å². The fourth-order valence-electron chi connectivity index (χ4n) is 3.54. The van der Waals surface area contributed by atoms with E-state index in [4.69, 9.17) is 23.7 Å². The van der Waals surface area contributed by atoms with Crippen LogP contribution in [0.3, 0.4) is 0 Å². The Morgan fingerprint density at radius 2 is 1.63 bits per heavy atom. The second-order valence-electron chi connectivity index (χ2n) is 6.60. The molecule has 8 heteroatoms. The van der Waals surface area contributed by atoms with Crippen LogP contribution in [0.25, 0.3) is 0 Å². The lowest BCUT2D eigenvalue weighted by Gasteiger charge is -2.37. The maximum atomic E-state index is 12.4. The topological polar surface area (TPSA) is 78.5 Å². The lowest BCUT2D eigenvalue weighted by atomic mass is 10.0. The number of carbonyl (C=O) groups is 1. The SMILES string of the molecule is COc1cc(OC)c(OC)cc1CCNC(=O)N1CCC2(CC1)OCCO2. The quantitative estimate of drug-likeness (QED) is 0.811. The van der Waals surface area contributed by atoms with Crippen LogP contribution in [0.1, 0.15) is 18.4 Å². The van der Waals surface area contributed by atoms with E-state index in [1.807, 2.05) is 11.0 Å². The summed E-state index contributed by atoms with van der Waals surface area (Å²) < 4.78 is 27.5. The zero-order valence-electron chi connectivity index (χ0n) is 16.2. The van der Waals surface area contributed by atoms with E-state index in [-0.39, 0.29) is 6.03 Å². The van der Waals surface area contributed by atoms with Crippen molar-refractivity contribution < 1.29 is 28.5 Å². The van der Waals surface area contributed by atoms with Crippen LogP contribution < -0.4 is 19.5 Å². The van der Waals surface area contributed by atoms with Gasteiger partial charge in [-0.1, -0.05) is 0 Å². The molecule has 150 valence electrons. The fraction of sp³-hybridized carbons (Fsp3) is 0.632. The van der Waals surface area contributed by atoms with Crippen molar-refractivity contribution in [2.45, 2.75) is 25.0 Å². The number of hydrogen-bond acceptors (Lipinski definition) is 6. The molecule has 2 saturated heterocycles. The predicted molar refractivity (Wildman–Crippen MR) is 98.6 cm³/mol. The molecule has 3 rings (SSSR count). The number of amides is 2. The van der Waals surface area contributed by atoms with Crippen molar-refractivity contribution in [1.82, 2.24) is 10.2 Å². The summed E-state index contributed by atoms with van der Waals surface area (Å²) in [4.78, 5) is 14.2. The number of nitrogens with zero attached hydrogens (tertiary/aromatic N) is 1. The highest BCUT2D eigenvalue weighted by molar-refractivity contribution is 5.74. The first kappa shape index (κ1) is 19.6. The molecule has 1 aromatic rings. The van der Waals surface area contributed by atoms with Gasteiger partial charge in [0.2, 0.25) is 0 Å². The van der Waals surface area contributed by atoms with Crippen LogP contribution in [-0.2, 0) is 15.9 Å². The van der Waals surface area contributed by atoms with Gasteiger partial charge in [-0.3, -0.25) is 0 Å². The van der Waals surface area contributed by atoms with Crippen molar-refractivity contribution in [2.75, 3.05) is 54.2 Å². The van der Waals surface area contributed by atoms with E-state index >= 15 is 0 Å². The van der Waals surface area contributed by atoms with Gasteiger partial charge >= 0.3 is 6.03 Å². The lowest BCUT2D eigenvalue weighted by molar-refractivity contribution is -0.181. The number of benzene rings is 1. The molecule has 0 aliphatic carbocycles. The Balaban J connectivity index is 1.51. The van der Waals surface area contributed by atoms with E-state index in [2.05, 4.69) is 5.32 Å². The average Bonchev–Trinajstić information content (AvgIpc) is 3.15. The highest BCUT2D eigenvalue weighted by Crippen LogP contribution is 2.35. The Hall–Kier alpha value is -2.19. The lowest BCUT2D eigenvalue weighted by Crippen LogP contribution is -2.50. The molecule has 1 N–H and O–H groups in total. The Labute approximate surface area is 159 Å². The molecule has 0 unspecified atom stereocenters. The van der Waals surface area contributed by atoms with Crippen molar-refractivity contribution in [3.63, 3.8) is 0 Å². The number of ether oxygens (including phenoxy) is 5. The number of rotatable bonds is 6. The molecule has 0 bridgehead atoms. The number of carbonyl (C=O) groups excluding carboxylic acids is 1. The standard InChI is InChI=1S/C19H28N2O6/c1-23-15-13-17(25-3)16(24-2)12-14(15)4-7-20-18(22)21-8-5-19(6-9-21)26-10-11-27-19/h12-13H,4-11H2,1-3H3,(H,20,22). The number of nitrogens with one attached hydrogen (secondary N) is 1. The first-order chi connectivity index (χ1) is 13.1. The first-order valence-electron chi connectivity index (χ1n) is 9.20. The highest BCUT2D eigenvalue weighted by atomic mass is 16.7. The molecule has 2 aliphatic rings.